The predicted molar refractivity (Wildman–Crippen MR) is 61.8 cm³/mol. The number of nitrogens with one attached hydrogen (secondary N) is 1. The van der Waals surface area contributed by atoms with Gasteiger partial charge in [0.1, 0.15) is 5.82 Å². The summed E-state index contributed by atoms with van der Waals surface area (Å²) in [6.07, 6.45) is 4.70. The maximum Gasteiger partial charge on any atom is 0.156 e. The minimum atomic E-state index is -0.114. The average Bonchev–Trinajstić information content (AvgIpc) is 3.00. The lowest BCUT2D eigenvalue weighted by Gasteiger charge is -2.23. The van der Waals surface area contributed by atoms with Crippen LogP contribution in [0.3, 0.4) is 0 Å². The maximum absolute atomic E-state index is 9.49. The number of rotatable bonds is 2. The van der Waals surface area contributed by atoms with Crippen molar-refractivity contribution in [1.29, 1.82) is 0 Å². The standard InChI is InChI=1S/C12H19N3O2/c16-10-3-1-8(2-4-10)11-13-12(15-14-11)9-5-6-17-7-9/h8-10,16H,1-7H2,(H,13,14,15). The summed E-state index contributed by atoms with van der Waals surface area (Å²) in [7, 11) is 0. The third kappa shape index (κ3) is 2.35. The fourth-order valence-corrected chi connectivity index (χ4v) is 2.74. The molecule has 1 atom stereocenters. The van der Waals surface area contributed by atoms with Gasteiger partial charge in [0.15, 0.2) is 5.82 Å². The van der Waals surface area contributed by atoms with Gasteiger partial charge in [-0.3, -0.25) is 5.10 Å². The van der Waals surface area contributed by atoms with Gasteiger partial charge in [0.05, 0.1) is 12.7 Å². The molecule has 1 saturated heterocycles. The third-order valence-electron chi connectivity index (χ3n) is 3.90. The van der Waals surface area contributed by atoms with Gasteiger partial charge < -0.3 is 9.84 Å². The first-order valence-corrected chi connectivity index (χ1v) is 6.51. The van der Waals surface area contributed by atoms with E-state index in [0.29, 0.717) is 11.8 Å². The molecule has 1 unspecified atom stereocenters. The van der Waals surface area contributed by atoms with E-state index in [-0.39, 0.29) is 6.10 Å². The quantitative estimate of drug-likeness (QED) is 0.814. The summed E-state index contributed by atoms with van der Waals surface area (Å²) >= 11 is 0. The molecule has 2 fully saturated rings. The molecule has 3 rings (SSSR count). The number of aliphatic hydroxyl groups excluding tert-OH is 1. The van der Waals surface area contributed by atoms with Gasteiger partial charge in [-0.2, -0.15) is 5.10 Å². The highest BCUT2D eigenvalue weighted by atomic mass is 16.5. The highest BCUT2D eigenvalue weighted by Gasteiger charge is 2.26. The van der Waals surface area contributed by atoms with Crippen LogP contribution in [0.15, 0.2) is 0 Å². The molecular weight excluding hydrogens is 218 g/mol. The molecule has 1 aromatic rings. The highest BCUT2D eigenvalue weighted by molar-refractivity contribution is 5.04. The molecule has 94 valence electrons. The average molecular weight is 237 g/mol. The van der Waals surface area contributed by atoms with E-state index in [1.54, 1.807) is 0 Å². The maximum atomic E-state index is 9.49. The number of nitrogens with zero attached hydrogens (tertiary/aromatic N) is 2. The largest absolute Gasteiger partial charge is 0.393 e. The Morgan fingerprint density at radius 2 is 1.94 bits per heavy atom. The molecule has 2 heterocycles. The van der Waals surface area contributed by atoms with Crippen LogP contribution < -0.4 is 0 Å². The van der Waals surface area contributed by atoms with E-state index in [2.05, 4.69) is 15.2 Å². The summed E-state index contributed by atoms with van der Waals surface area (Å²) in [5.41, 5.74) is 0. The Labute approximate surface area is 101 Å². The zero-order chi connectivity index (χ0) is 11.7. The number of aromatic amines is 1. The van der Waals surface area contributed by atoms with E-state index in [1.807, 2.05) is 0 Å². The molecule has 1 aliphatic heterocycles. The van der Waals surface area contributed by atoms with Gasteiger partial charge in [-0.15, -0.1) is 0 Å². The summed E-state index contributed by atoms with van der Waals surface area (Å²) in [4.78, 5) is 4.61. The first kappa shape index (κ1) is 11.2. The molecule has 0 bridgehead atoms. The van der Waals surface area contributed by atoms with Crippen LogP contribution in [0.4, 0.5) is 0 Å². The number of aromatic nitrogens is 3. The summed E-state index contributed by atoms with van der Waals surface area (Å²) < 4.78 is 5.35. The summed E-state index contributed by atoms with van der Waals surface area (Å²) in [6.45, 7) is 1.57. The molecule has 2 aliphatic rings. The fourth-order valence-electron chi connectivity index (χ4n) is 2.74. The lowest BCUT2D eigenvalue weighted by Crippen LogP contribution is -2.17. The Morgan fingerprint density at radius 1 is 1.12 bits per heavy atom. The Bertz CT molecular complexity index is 366. The van der Waals surface area contributed by atoms with Gasteiger partial charge in [0.2, 0.25) is 0 Å². The Morgan fingerprint density at radius 3 is 2.65 bits per heavy atom. The number of hydrogen-bond acceptors (Lipinski definition) is 4. The number of ether oxygens (including phenoxy) is 1. The van der Waals surface area contributed by atoms with Crippen LogP contribution in [0.25, 0.3) is 0 Å². The zero-order valence-electron chi connectivity index (χ0n) is 9.93. The number of aliphatic hydroxyl groups is 1. The SMILES string of the molecule is OC1CCC(c2nc(C3CCOC3)n[nH]2)CC1. The van der Waals surface area contributed by atoms with Gasteiger partial charge in [0, 0.05) is 18.4 Å². The fraction of sp³-hybridized carbons (Fsp3) is 0.833. The molecule has 1 saturated carbocycles. The van der Waals surface area contributed by atoms with Gasteiger partial charge in [-0.05, 0) is 32.1 Å². The Kier molecular flexibility index (Phi) is 3.11. The van der Waals surface area contributed by atoms with Gasteiger partial charge in [0.25, 0.3) is 0 Å². The minimum absolute atomic E-state index is 0.114. The van der Waals surface area contributed by atoms with Crippen LogP contribution in [-0.2, 0) is 4.74 Å². The molecule has 17 heavy (non-hydrogen) atoms. The van der Waals surface area contributed by atoms with E-state index in [1.165, 1.54) is 0 Å². The molecule has 0 spiro atoms. The smallest absolute Gasteiger partial charge is 0.156 e. The van der Waals surface area contributed by atoms with E-state index in [0.717, 1.165) is 57.0 Å². The molecule has 2 N–H and O–H groups in total. The van der Waals surface area contributed by atoms with Crippen molar-refractivity contribution >= 4 is 0 Å². The summed E-state index contributed by atoms with van der Waals surface area (Å²) in [6, 6.07) is 0. The van der Waals surface area contributed by atoms with Crippen LogP contribution in [0.5, 0.6) is 0 Å². The van der Waals surface area contributed by atoms with Crippen LogP contribution >= 0.6 is 0 Å². The summed E-state index contributed by atoms with van der Waals surface area (Å²) in [5.74, 6) is 2.72. The molecule has 1 aromatic heterocycles. The van der Waals surface area contributed by atoms with Crippen molar-refractivity contribution in [3.8, 4) is 0 Å². The monoisotopic (exact) mass is 237 g/mol. The van der Waals surface area contributed by atoms with Crippen molar-refractivity contribution in [3.63, 3.8) is 0 Å². The van der Waals surface area contributed by atoms with Crippen LogP contribution in [0.2, 0.25) is 0 Å². The number of hydrogen-bond donors (Lipinski definition) is 2. The van der Waals surface area contributed by atoms with Crippen molar-refractivity contribution in [2.45, 2.75) is 50.0 Å². The lowest BCUT2D eigenvalue weighted by molar-refractivity contribution is 0.121. The molecule has 0 radical (unpaired) electrons. The highest BCUT2D eigenvalue weighted by Crippen LogP contribution is 2.32. The topological polar surface area (TPSA) is 71.0 Å². The van der Waals surface area contributed by atoms with Crippen molar-refractivity contribution in [1.82, 2.24) is 15.2 Å². The molecule has 0 amide bonds. The van der Waals surface area contributed by atoms with E-state index in [4.69, 9.17) is 4.74 Å². The lowest BCUT2D eigenvalue weighted by atomic mass is 9.87. The van der Waals surface area contributed by atoms with Gasteiger partial charge in [-0.1, -0.05) is 0 Å². The van der Waals surface area contributed by atoms with Gasteiger partial charge >= 0.3 is 0 Å². The Balaban J connectivity index is 1.67. The minimum Gasteiger partial charge on any atom is -0.393 e. The van der Waals surface area contributed by atoms with E-state index < -0.39 is 0 Å². The normalized spacial score (nSPS) is 34.1. The third-order valence-corrected chi connectivity index (χ3v) is 3.90. The second-order valence-corrected chi connectivity index (χ2v) is 5.14. The zero-order valence-corrected chi connectivity index (χ0v) is 9.93. The second-order valence-electron chi connectivity index (χ2n) is 5.14. The van der Waals surface area contributed by atoms with E-state index in [9.17, 15) is 5.11 Å². The molecule has 1 aliphatic carbocycles. The Hall–Kier alpha value is -0.940. The predicted octanol–water partition coefficient (Wildman–Crippen LogP) is 1.33. The van der Waals surface area contributed by atoms with Crippen molar-refractivity contribution < 1.29 is 9.84 Å². The second kappa shape index (κ2) is 4.74. The molecular formula is C12H19N3O2. The number of H-pyrrole nitrogens is 1. The van der Waals surface area contributed by atoms with Crippen LogP contribution in [0, 0.1) is 0 Å². The molecule has 5 heteroatoms. The summed E-state index contributed by atoms with van der Waals surface area (Å²) in [5, 5.41) is 16.9. The van der Waals surface area contributed by atoms with E-state index >= 15 is 0 Å². The molecule has 5 nitrogen and oxygen atoms in total. The molecule has 0 aromatic carbocycles. The van der Waals surface area contributed by atoms with Crippen LogP contribution in [0.1, 0.15) is 55.6 Å². The first-order valence-electron chi connectivity index (χ1n) is 6.51. The first-order chi connectivity index (χ1) is 8.33. The van der Waals surface area contributed by atoms with Gasteiger partial charge in [-0.25, -0.2) is 4.98 Å². The van der Waals surface area contributed by atoms with Crippen molar-refractivity contribution in [2.75, 3.05) is 13.2 Å². The van der Waals surface area contributed by atoms with Crippen molar-refractivity contribution in [3.05, 3.63) is 11.6 Å². The van der Waals surface area contributed by atoms with Crippen molar-refractivity contribution in [2.24, 2.45) is 0 Å². The van der Waals surface area contributed by atoms with Crippen LogP contribution in [-0.4, -0.2) is 39.6 Å².